The molecule has 3 heteroatoms. The maximum Gasteiger partial charge on any atom is 0.248 e. The van der Waals surface area contributed by atoms with E-state index in [1.807, 2.05) is 67.9 Å². The first-order chi connectivity index (χ1) is 9.94. The number of nitrogens with zero attached hydrogens (tertiary/aromatic N) is 2. The Hall–Kier alpha value is -2.16. The number of rotatable bonds is 3. The summed E-state index contributed by atoms with van der Waals surface area (Å²) in [7, 11) is 0. The van der Waals surface area contributed by atoms with E-state index in [4.69, 9.17) is 0 Å². The molecule has 0 atom stereocenters. The molecule has 1 heterocycles. The van der Waals surface area contributed by atoms with Gasteiger partial charge in [0.25, 0.3) is 0 Å². The molecule has 0 aliphatic heterocycles. The fraction of sp³-hybridized carbons (Fsp3) is 0.333. The first kappa shape index (κ1) is 15.2. The van der Waals surface area contributed by atoms with Crippen LogP contribution < -0.4 is 5.49 Å². The van der Waals surface area contributed by atoms with Gasteiger partial charge >= 0.3 is 0 Å². The number of hydrogen-bond donors (Lipinski definition) is 0. The standard InChI is InChI=1S/C18H22N2O/c1-18(2,3)13-17(21)19-16-11-7-8-12-20(16)14-15-9-5-4-6-10-15/h4-12H,13-14H2,1-3H3. The number of aromatic nitrogens is 1. The minimum absolute atomic E-state index is 0.0420. The Morgan fingerprint density at radius 3 is 2.38 bits per heavy atom. The second-order valence-corrected chi connectivity index (χ2v) is 6.42. The van der Waals surface area contributed by atoms with E-state index >= 15 is 0 Å². The Morgan fingerprint density at radius 1 is 1.05 bits per heavy atom. The highest BCUT2D eigenvalue weighted by Gasteiger charge is 2.15. The molecule has 2 rings (SSSR count). The highest BCUT2D eigenvalue weighted by Crippen LogP contribution is 2.18. The number of amides is 1. The minimum Gasteiger partial charge on any atom is -0.329 e. The summed E-state index contributed by atoms with van der Waals surface area (Å²) in [5.74, 6) is -0.0736. The summed E-state index contributed by atoms with van der Waals surface area (Å²) in [4.78, 5) is 16.3. The lowest BCUT2D eigenvalue weighted by molar-refractivity contribution is -0.119. The third kappa shape index (κ3) is 5.03. The summed E-state index contributed by atoms with van der Waals surface area (Å²) in [6.45, 7) is 6.85. The van der Waals surface area contributed by atoms with Crippen LogP contribution in [0.4, 0.5) is 0 Å². The second kappa shape index (κ2) is 6.53. The molecule has 110 valence electrons. The predicted octanol–water partition coefficient (Wildman–Crippen LogP) is 3.40. The molecule has 1 aromatic carbocycles. The number of benzene rings is 1. The van der Waals surface area contributed by atoms with Crippen LogP contribution in [0.5, 0.6) is 0 Å². The topological polar surface area (TPSA) is 34.4 Å². The van der Waals surface area contributed by atoms with E-state index in [1.165, 1.54) is 5.56 Å². The van der Waals surface area contributed by atoms with Gasteiger partial charge in [-0.1, -0.05) is 57.2 Å². The molecule has 0 aliphatic rings. The molecule has 0 aliphatic carbocycles. The van der Waals surface area contributed by atoms with Crippen molar-refractivity contribution in [3.8, 4) is 0 Å². The van der Waals surface area contributed by atoms with Gasteiger partial charge in [-0.2, -0.15) is 4.99 Å². The fourth-order valence-corrected chi connectivity index (χ4v) is 2.10. The van der Waals surface area contributed by atoms with E-state index in [2.05, 4.69) is 17.1 Å². The van der Waals surface area contributed by atoms with Gasteiger partial charge in [0.2, 0.25) is 5.91 Å². The van der Waals surface area contributed by atoms with E-state index in [9.17, 15) is 4.79 Å². The normalized spacial score (nSPS) is 12.4. The van der Waals surface area contributed by atoms with Crippen molar-refractivity contribution in [1.29, 1.82) is 0 Å². The Kier molecular flexibility index (Phi) is 4.73. The molecule has 0 unspecified atom stereocenters. The second-order valence-electron chi connectivity index (χ2n) is 6.42. The zero-order chi connectivity index (χ0) is 15.3. The highest BCUT2D eigenvalue weighted by molar-refractivity contribution is 5.77. The molecule has 0 N–H and O–H groups in total. The van der Waals surface area contributed by atoms with Gasteiger partial charge < -0.3 is 4.57 Å². The van der Waals surface area contributed by atoms with Gasteiger partial charge in [-0.05, 0) is 23.1 Å². The van der Waals surface area contributed by atoms with Crippen molar-refractivity contribution >= 4 is 5.91 Å². The zero-order valence-corrected chi connectivity index (χ0v) is 12.9. The predicted molar refractivity (Wildman–Crippen MR) is 84.6 cm³/mol. The molecule has 0 bridgehead atoms. The van der Waals surface area contributed by atoms with Crippen molar-refractivity contribution in [2.24, 2.45) is 10.4 Å². The molecule has 1 aromatic heterocycles. The third-order valence-electron chi connectivity index (χ3n) is 3.03. The SMILES string of the molecule is CC(C)(C)CC(=O)N=c1ccccn1Cc1ccccc1. The molecule has 2 aromatic rings. The molecule has 0 radical (unpaired) electrons. The smallest absolute Gasteiger partial charge is 0.248 e. The van der Waals surface area contributed by atoms with Gasteiger partial charge in [0, 0.05) is 19.2 Å². The Labute approximate surface area is 126 Å². The Morgan fingerprint density at radius 2 is 1.71 bits per heavy atom. The summed E-state index contributed by atoms with van der Waals surface area (Å²) < 4.78 is 2.00. The third-order valence-corrected chi connectivity index (χ3v) is 3.03. The van der Waals surface area contributed by atoms with Crippen molar-refractivity contribution in [3.05, 3.63) is 65.8 Å². The van der Waals surface area contributed by atoms with Gasteiger partial charge in [0.05, 0.1) is 0 Å². The van der Waals surface area contributed by atoms with Gasteiger partial charge in [0.15, 0.2) is 0 Å². The number of pyridine rings is 1. The van der Waals surface area contributed by atoms with Crippen LogP contribution in [-0.2, 0) is 11.3 Å². The van der Waals surface area contributed by atoms with Crippen LogP contribution in [0.1, 0.15) is 32.8 Å². The maximum absolute atomic E-state index is 12.1. The quantitative estimate of drug-likeness (QED) is 0.849. The molecule has 0 saturated heterocycles. The minimum atomic E-state index is -0.0736. The lowest BCUT2D eigenvalue weighted by atomic mass is 9.92. The monoisotopic (exact) mass is 282 g/mol. The lowest BCUT2D eigenvalue weighted by Gasteiger charge is -2.14. The van der Waals surface area contributed by atoms with Gasteiger partial charge in [-0.3, -0.25) is 4.79 Å². The van der Waals surface area contributed by atoms with E-state index < -0.39 is 0 Å². The molecular weight excluding hydrogens is 260 g/mol. The first-order valence-corrected chi connectivity index (χ1v) is 7.21. The first-order valence-electron chi connectivity index (χ1n) is 7.21. The van der Waals surface area contributed by atoms with Crippen LogP contribution in [0.2, 0.25) is 0 Å². The van der Waals surface area contributed by atoms with Gasteiger partial charge in [-0.15, -0.1) is 0 Å². The largest absolute Gasteiger partial charge is 0.329 e. The summed E-state index contributed by atoms with van der Waals surface area (Å²) in [5, 5.41) is 0. The maximum atomic E-state index is 12.1. The van der Waals surface area contributed by atoms with Crippen molar-refractivity contribution in [1.82, 2.24) is 4.57 Å². The van der Waals surface area contributed by atoms with E-state index in [-0.39, 0.29) is 11.3 Å². The van der Waals surface area contributed by atoms with E-state index in [0.717, 1.165) is 0 Å². The van der Waals surface area contributed by atoms with Crippen LogP contribution in [0.15, 0.2) is 59.7 Å². The number of carbonyl (C=O) groups excluding carboxylic acids is 1. The van der Waals surface area contributed by atoms with Crippen molar-refractivity contribution in [2.45, 2.75) is 33.7 Å². The van der Waals surface area contributed by atoms with Crippen LogP contribution in [0, 0.1) is 5.41 Å². The van der Waals surface area contributed by atoms with Crippen molar-refractivity contribution in [3.63, 3.8) is 0 Å². The highest BCUT2D eigenvalue weighted by atomic mass is 16.1. The van der Waals surface area contributed by atoms with E-state index in [1.54, 1.807) is 0 Å². The average molecular weight is 282 g/mol. The van der Waals surface area contributed by atoms with Gasteiger partial charge in [-0.25, -0.2) is 0 Å². The zero-order valence-electron chi connectivity index (χ0n) is 12.9. The number of carbonyl (C=O) groups is 1. The summed E-state index contributed by atoms with van der Waals surface area (Å²) in [6.07, 6.45) is 2.41. The van der Waals surface area contributed by atoms with Crippen molar-refractivity contribution in [2.75, 3.05) is 0 Å². The lowest BCUT2D eigenvalue weighted by Crippen LogP contribution is -2.23. The van der Waals surface area contributed by atoms with E-state index in [0.29, 0.717) is 18.5 Å². The fourth-order valence-electron chi connectivity index (χ4n) is 2.10. The Bertz CT molecular complexity index is 663. The number of hydrogen-bond acceptors (Lipinski definition) is 1. The van der Waals surface area contributed by atoms with Crippen LogP contribution >= 0.6 is 0 Å². The molecule has 1 amide bonds. The van der Waals surface area contributed by atoms with Crippen molar-refractivity contribution < 1.29 is 4.79 Å². The van der Waals surface area contributed by atoms with Crippen LogP contribution in [-0.4, -0.2) is 10.5 Å². The summed E-state index contributed by atoms with van der Waals surface area (Å²) in [5.41, 5.74) is 1.85. The molecule has 21 heavy (non-hydrogen) atoms. The van der Waals surface area contributed by atoms with Crippen LogP contribution in [0.3, 0.4) is 0 Å². The molecular formula is C18H22N2O. The van der Waals surface area contributed by atoms with Crippen LogP contribution in [0.25, 0.3) is 0 Å². The summed E-state index contributed by atoms with van der Waals surface area (Å²) >= 11 is 0. The average Bonchev–Trinajstić information content (AvgIpc) is 2.40. The van der Waals surface area contributed by atoms with Gasteiger partial charge in [0.1, 0.15) is 5.49 Å². The summed E-state index contributed by atoms with van der Waals surface area (Å²) in [6, 6.07) is 15.9. The Balaban J connectivity index is 2.27. The molecule has 3 nitrogen and oxygen atoms in total. The molecule has 0 spiro atoms. The molecule has 0 saturated carbocycles. The molecule has 0 fully saturated rings.